The molecule has 1 unspecified atom stereocenters. The molecule has 3 N–H and O–H groups in total. The number of nitrogens with one attached hydrogen (secondary N) is 1. The van der Waals surface area contributed by atoms with Gasteiger partial charge in [0.1, 0.15) is 12.6 Å². The molecular weight excluding hydrogens is 747 g/mol. The molecule has 2 aliphatic heterocycles. The van der Waals surface area contributed by atoms with E-state index in [2.05, 4.69) is 17.1 Å². The first-order valence-electron chi connectivity index (χ1n) is 20.0. The Labute approximate surface area is 345 Å². The van der Waals surface area contributed by atoms with Gasteiger partial charge < -0.3 is 29.7 Å². The molecule has 5 aromatic carbocycles. The molecule has 2 fully saturated rings. The molecule has 0 bridgehead atoms. The standard InChI is InChI=1S/C48H51N3O8/c1-31-42(28-50(3)32(2)44(54)37-14-8-5-9-15-37)58-47(59-45(31)38-19-17-33(29-52)18-20-38)39-23-21-36(22-24-39)40-16-10-13-35(25-40)27-51-43(53)26-41(46(51)55)49-48(56)57-30-34-11-6-4-7-12-34/h4-25,31-32,41-42,44-45,47,52,54H,26-30H2,1-3H3,(H,49,56)/t31-,32-,41?,42+,44-,45+,47+/m1/s1. The van der Waals surface area contributed by atoms with E-state index in [0.717, 1.165) is 44.5 Å². The molecule has 0 saturated carbocycles. The Hall–Kier alpha value is -5.69. The summed E-state index contributed by atoms with van der Waals surface area (Å²) in [5.41, 5.74) is 6.91. The Kier molecular flexibility index (Phi) is 13.3. The molecular formula is C48H51N3O8. The van der Waals surface area contributed by atoms with Crippen LogP contribution in [0.1, 0.15) is 72.1 Å². The molecule has 0 aromatic heterocycles. The molecule has 0 spiro atoms. The van der Waals surface area contributed by atoms with Crippen LogP contribution in [0.4, 0.5) is 4.79 Å². The number of carbonyl (C=O) groups excluding carboxylic acids is 3. The van der Waals surface area contributed by atoms with Crippen molar-refractivity contribution in [1.82, 2.24) is 15.1 Å². The number of likely N-dealkylation sites (tertiary alicyclic amines) is 1. The van der Waals surface area contributed by atoms with E-state index in [4.69, 9.17) is 14.2 Å². The second-order valence-corrected chi connectivity index (χ2v) is 15.5. The maximum atomic E-state index is 13.2. The minimum absolute atomic E-state index is 0.0364. The number of carbonyl (C=O) groups is 3. The third-order valence-electron chi connectivity index (χ3n) is 11.4. The van der Waals surface area contributed by atoms with E-state index in [1.807, 2.05) is 147 Å². The zero-order chi connectivity index (χ0) is 41.5. The number of hydrogen-bond acceptors (Lipinski definition) is 9. The molecule has 11 nitrogen and oxygen atoms in total. The van der Waals surface area contributed by atoms with Gasteiger partial charge in [0.25, 0.3) is 5.91 Å². The number of aliphatic hydroxyl groups is 2. The van der Waals surface area contributed by atoms with Gasteiger partial charge in [0.15, 0.2) is 6.29 Å². The molecule has 3 amide bonds. The van der Waals surface area contributed by atoms with Gasteiger partial charge in [0, 0.05) is 24.1 Å². The first-order chi connectivity index (χ1) is 28.6. The fraction of sp³-hybridized carbons (Fsp3) is 0.312. The van der Waals surface area contributed by atoms with Gasteiger partial charge >= 0.3 is 6.09 Å². The number of benzene rings is 5. The highest BCUT2D eigenvalue weighted by molar-refractivity contribution is 6.06. The summed E-state index contributed by atoms with van der Waals surface area (Å²) in [5, 5.41) is 23.4. The normalized spacial score (nSPS) is 21.7. The fourth-order valence-electron chi connectivity index (χ4n) is 7.68. The van der Waals surface area contributed by atoms with Gasteiger partial charge in [-0.3, -0.25) is 19.4 Å². The molecule has 2 saturated heterocycles. The van der Waals surface area contributed by atoms with Gasteiger partial charge in [-0.05, 0) is 59.0 Å². The molecule has 7 atom stereocenters. The number of rotatable bonds is 14. The van der Waals surface area contributed by atoms with Gasteiger partial charge in [-0.25, -0.2) is 4.79 Å². The van der Waals surface area contributed by atoms with Crippen molar-refractivity contribution in [2.24, 2.45) is 5.92 Å². The Bertz CT molecular complexity index is 2180. The smallest absolute Gasteiger partial charge is 0.408 e. The van der Waals surface area contributed by atoms with Crippen LogP contribution in [0.5, 0.6) is 0 Å². The SMILES string of the molecule is C[C@@H]1[C@H](CN(C)[C@H](C)[C@@H](O)c2ccccc2)O[C@H](c2ccc(-c3cccc(CN4C(=O)CC(NC(=O)OCc5ccccc5)C4=O)c3)cc2)O[C@@H]1c1ccc(CO)cc1. The third kappa shape index (κ3) is 9.96. The van der Waals surface area contributed by atoms with Crippen LogP contribution < -0.4 is 5.32 Å². The van der Waals surface area contributed by atoms with Crippen molar-refractivity contribution in [3.8, 4) is 11.1 Å². The Morgan fingerprint density at radius 3 is 2.19 bits per heavy atom. The second kappa shape index (κ2) is 18.9. The summed E-state index contributed by atoms with van der Waals surface area (Å²) >= 11 is 0. The van der Waals surface area contributed by atoms with Crippen molar-refractivity contribution < 1.29 is 38.8 Å². The Morgan fingerprint density at radius 1 is 0.831 bits per heavy atom. The van der Waals surface area contributed by atoms with Crippen LogP contribution in [-0.4, -0.2) is 69.7 Å². The number of alkyl carbamates (subject to hydrolysis) is 1. The van der Waals surface area contributed by atoms with Gasteiger partial charge in [-0.1, -0.05) is 134 Å². The molecule has 0 radical (unpaired) electrons. The molecule has 7 rings (SSSR count). The van der Waals surface area contributed by atoms with E-state index in [1.165, 1.54) is 4.90 Å². The lowest BCUT2D eigenvalue weighted by molar-refractivity contribution is -0.276. The Morgan fingerprint density at radius 2 is 1.49 bits per heavy atom. The first kappa shape index (κ1) is 41.5. The lowest BCUT2D eigenvalue weighted by atomic mass is 9.89. The number of imide groups is 1. The summed E-state index contributed by atoms with van der Waals surface area (Å²) in [6, 6.07) is 41.1. The molecule has 306 valence electrons. The molecule has 5 aromatic rings. The maximum absolute atomic E-state index is 13.2. The van der Waals surface area contributed by atoms with Gasteiger partial charge in [-0.2, -0.15) is 0 Å². The number of ether oxygens (including phenoxy) is 3. The van der Waals surface area contributed by atoms with Crippen molar-refractivity contribution in [3.05, 3.63) is 167 Å². The van der Waals surface area contributed by atoms with Crippen LogP contribution in [0.25, 0.3) is 11.1 Å². The van der Waals surface area contributed by atoms with Gasteiger partial charge in [-0.15, -0.1) is 0 Å². The predicted octanol–water partition coefficient (Wildman–Crippen LogP) is 7.25. The predicted molar refractivity (Wildman–Crippen MR) is 222 cm³/mol. The number of nitrogens with zero attached hydrogens (tertiary/aromatic N) is 2. The molecule has 2 aliphatic rings. The fourth-order valence-corrected chi connectivity index (χ4v) is 7.68. The summed E-state index contributed by atoms with van der Waals surface area (Å²) in [6.45, 7) is 4.77. The minimum atomic E-state index is -0.988. The summed E-state index contributed by atoms with van der Waals surface area (Å²) in [7, 11) is 2.00. The van der Waals surface area contributed by atoms with Crippen molar-refractivity contribution in [2.75, 3.05) is 13.6 Å². The minimum Gasteiger partial charge on any atom is -0.445 e. The molecule has 0 aliphatic carbocycles. The largest absolute Gasteiger partial charge is 0.445 e. The number of aliphatic hydroxyl groups excluding tert-OH is 2. The zero-order valence-electron chi connectivity index (χ0n) is 33.5. The molecule has 11 heteroatoms. The average Bonchev–Trinajstić information content (AvgIpc) is 3.53. The van der Waals surface area contributed by atoms with Gasteiger partial charge in [0.2, 0.25) is 5.91 Å². The Balaban J connectivity index is 1.03. The molecule has 2 heterocycles. The number of amides is 3. The van der Waals surface area contributed by atoms with Crippen molar-refractivity contribution in [1.29, 1.82) is 0 Å². The van der Waals surface area contributed by atoms with E-state index in [1.54, 1.807) is 0 Å². The molecule has 59 heavy (non-hydrogen) atoms. The maximum Gasteiger partial charge on any atom is 0.408 e. The van der Waals surface area contributed by atoms with Crippen LogP contribution in [-0.2, 0) is 43.6 Å². The average molecular weight is 798 g/mol. The van der Waals surface area contributed by atoms with Crippen molar-refractivity contribution in [2.45, 2.75) is 76.7 Å². The van der Waals surface area contributed by atoms with Gasteiger partial charge in [0.05, 0.1) is 37.9 Å². The van der Waals surface area contributed by atoms with E-state index in [0.29, 0.717) is 6.54 Å². The van der Waals surface area contributed by atoms with Crippen LogP contribution in [0.2, 0.25) is 0 Å². The lowest BCUT2D eigenvalue weighted by Crippen LogP contribution is -2.46. The van der Waals surface area contributed by atoms with Crippen molar-refractivity contribution in [3.63, 3.8) is 0 Å². The monoisotopic (exact) mass is 797 g/mol. The van der Waals surface area contributed by atoms with Crippen LogP contribution >= 0.6 is 0 Å². The highest BCUT2D eigenvalue weighted by Gasteiger charge is 2.41. The topological polar surface area (TPSA) is 138 Å². The summed E-state index contributed by atoms with van der Waals surface area (Å²) in [4.78, 5) is 41.9. The highest BCUT2D eigenvalue weighted by atomic mass is 16.7. The quantitative estimate of drug-likeness (QED) is 0.0993. The van der Waals surface area contributed by atoms with E-state index in [9.17, 15) is 24.6 Å². The number of hydrogen-bond donors (Lipinski definition) is 3. The van der Waals surface area contributed by atoms with E-state index >= 15 is 0 Å². The second-order valence-electron chi connectivity index (χ2n) is 15.5. The third-order valence-corrected chi connectivity index (χ3v) is 11.4. The van der Waals surface area contributed by atoms with Crippen molar-refractivity contribution >= 4 is 17.9 Å². The zero-order valence-corrected chi connectivity index (χ0v) is 33.5. The lowest BCUT2D eigenvalue weighted by Gasteiger charge is -2.43. The van der Waals surface area contributed by atoms with E-state index < -0.39 is 30.4 Å². The highest BCUT2D eigenvalue weighted by Crippen LogP contribution is 2.42. The number of likely N-dealkylation sites (N-methyl/N-ethyl adjacent to an activating group) is 1. The first-order valence-corrected chi connectivity index (χ1v) is 20.0. The van der Waals surface area contributed by atoms with E-state index in [-0.39, 0.29) is 56.3 Å². The van der Waals surface area contributed by atoms with Crippen LogP contribution in [0.3, 0.4) is 0 Å². The summed E-state index contributed by atoms with van der Waals surface area (Å²) in [6.07, 6.45) is -2.78. The van der Waals surface area contributed by atoms with Crippen LogP contribution in [0, 0.1) is 5.92 Å². The summed E-state index contributed by atoms with van der Waals surface area (Å²) in [5.74, 6) is -0.878. The van der Waals surface area contributed by atoms with Crippen LogP contribution in [0.15, 0.2) is 133 Å². The summed E-state index contributed by atoms with van der Waals surface area (Å²) < 4.78 is 18.7.